The number of nitrogens with zero attached hydrogens (tertiary/aromatic N) is 1. The van der Waals surface area contributed by atoms with Gasteiger partial charge in [-0.15, -0.1) is 0 Å². The molecule has 0 unspecified atom stereocenters. The first-order chi connectivity index (χ1) is 7.22. The van der Waals surface area contributed by atoms with Crippen LogP contribution in [0.25, 0.3) is 0 Å². The third kappa shape index (κ3) is 7.93. The summed E-state index contributed by atoms with van der Waals surface area (Å²) >= 11 is 0. The molecule has 0 aromatic heterocycles. The molecule has 0 bridgehead atoms. The summed E-state index contributed by atoms with van der Waals surface area (Å²) in [5.41, 5.74) is 0. The van der Waals surface area contributed by atoms with E-state index in [1.807, 2.05) is 6.92 Å². The number of unbranched alkanes of at least 4 members (excludes halogenated alkanes) is 1. The number of carbonyl (C=O) groups excluding carboxylic acids is 2. The fourth-order valence-electron chi connectivity index (χ4n) is 0.838. The lowest BCUT2D eigenvalue weighted by Gasteiger charge is -2.16. The predicted molar refractivity (Wildman–Crippen MR) is 55.8 cm³/mol. The van der Waals surface area contributed by atoms with E-state index in [0.29, 0.717) is 26.0 Å². The number of hydrogen-bond donors (Lipinski definition) is 0. The second kappa shape index (κ2) is 9.45. The van der Waals surface area contributed by atoms with Crippen LogP contribution < -0.4 is 0 Å². The molecule has 0 aliphatic heterocycles. The molecule has 0 radical (unpaired) electrons. The molecule has 1 amide bonds. The summed E-state index contributed by atoms with van der Waals surface area (Å²) in [5, 5.41) is 0. The van der Waals surface area contributed by atoms with Crippen LogP contribution in [0.1, 0.15) is 19.8 Å². The van der Waals surface area contributed by atoms with E-state index in [2.05, 4.69) is 0 Å². The molecule has 0 aliphatic rings. The molecule has 0 fully saturated rings. The molecule has 15 heavy (non-hydrogen) atoms. The minimum Gasteiger partial charge on any atom is -0.449 e. The predicted octanol–water partition coefficient (Wildman–Crippen LogP) is 1.07. The maximum atomic E-state index is 11.3. The maximum Gasteiger partial charge on any atom is 0.409 e. The highest BCUT2D eigenvalue weighted by molar-refractivity contribution is 5.67. The van der Waals surface area contributed by atoms with Crippen molar-refractivity contribution in [3.63, 3.8) is 0 Å². The summed E-state index contributed by atoms with van der Waals surface area (Å²) < 4.78 is 9.87. The zero-order valence-corrected chi connectivity index (χ0v) is 9.40. The summed E-state index contributed by atoms with van der Waals surface area (Å²) in [6, 6.07) is 0. The minimum atomic E-state index is -0.349. The molecular formula is C10H19NO4. The number of hydrogen-bond acceptors (Lipinski definition) is 4. The zero-order chi connectivity index (χ0) is 11.5. The molecule has 5 nitrogen and oxygen atoms in total. The van der Waals surface area contributed by atoms with Crippen molar-refractivity contribution in [1.29, 1.82) is 0 Å². The van der Waals surface area contributed by atoms with Gasteiger partial charge in [0.2, 0.25) is 0 Å². The Kier molecular flexibility index (Phi) is 8.76. The number of aldehydes is 1. The third-order valence-electron chi connectivity index (χ3n) is 1.79. The van der Waals surface area contributed by atoms with E-state index in [9.17, 15) is 9.59 Å². The molecule has 0 aliphatic carbocycles. The van der Waals surface area contributed by atoms with Crippen LogP contribution in [0.3, 0.4) is 0 Å². The number of carbonyl (C=O) groups is 2. The second-order valence-corrected chi connectivity index (χ2v) is 3.13. The van der Waals surface area contributed by atoms with Crippen molar-refractivity contribution >= 4 is 12.4 Å². The van der Waals surface area contributed by atoms with Crippen LogP contribution in [0.15, 0.2) is 0 Å². The summed E-state index contributed by atoms with van der Waals surface area (Å²) in [4.78, 5) is 22.6. The van der Waals surface area contributed by atoms with Crippen molar-refractivity contribution in [3.05, 3.63) is 0 Å². The Morgan fingerprint density at radius 2 is 2.13 bits per heavy atom. The molecule has 0 saturated heterocycles. The second-order valence-electron chi connectivity index (χ2n) is 3.13. The quantitative estimate of drug-likeness (QED) is 0.451. The van der Waals surface area contributed by atoms with Gasteiger partial charge in [-0.25, -0.2) is 4.79 Å². The van der Waals surface area contributed by atoms with Crippen LogP contribution in [0, 0.1) is 0 Å². The first kappa shape index (κ1) is 13.9. The molecule has 0 N–H and O–H groups in total. The Morgan fingerprint density at radius 1 is 1.40 bits per heavy atom. The third-order valence-corrected chi connectivity index (χ3v) is 1.79. The molecule has 0 rings (SSSR count). The van der Waals surface area contributed by atoms with Gasteiger partial charge < -0.3 is 19.2 Å². The van der Waals surface area contributed by atoms with Gasteiger partial charge in [-0.1, -0.05) is 13.3 Å². The minimum absolute atomic E-state index is 0.0682. The Labute approximate surface area is 90.3 Å². The van der Waals surface area contributed by atoms with Gasteiger partial charge in [0.15, 0.2) is 0 Å². The number of amides is 1. The highest BCUT2D eigenvalue weighted by Gasteiger charge is 2.08. The summed E-state index contributed by atoms with van der Waals surface area (Å²) in [6.45, 7) is 3.33. The van der Waals surface area contributed by atoms with Gasteiger partial charge in [-0.3, -0.25) is 0 Å². The van der Waals surface area contributed by atoms with E-state index in [4.69, 9.17) is 9.47 Å². The maximum absolute atomic E-state index is 11.3. The Bertz CT molecular complexity index is 184. The van der Waals surface area contributed by atoms with E-state index >= 15 is 0 Å². The van der Waals surface area contributed by atoms with Crippen molar-refractivity contribution in [3.8, 4) is 0 Å². The van der Waals surface area contributed by atoms with Gasteiger partial charge in [0.1, 0.15) is 12.9 Å². The zero-order valence-electron chi connectivity index (χ0n) is 9.40. The van der Waals surface area contributed by atoms with E-state index in [0.717, 1.165) is 12.8 Å². The van der Waals surface area contributed by atoms with Crippen LogP contribution in [-0.4, -0.2) is 50.7 Å². The van der Waals surface area contributed by atoms with Gasteiger partial charge in [-0.05, 0) is 6.42 Å². The van der Waals surface area contributed by atoms with Crippen molar-refractivity contribution < 1.29 is 19.1 Å². The van der Waals surface area contributed by atoms with Crippen LogP contribution in [0.4, 0.5) is 4.79 Å². The summed E-state index contributed by atoms with van der Waals surface area (Å²) in [6.07, 6.45) is 2.21. The van der Waals surface area contributed by atoms with Crippen LogP contribution in [-0.2, 0) is 14.3 Å². The van der Waals surface area contributed by atoms with Gasteiger partial charge in [0.05, 0.1) is 13.2 Å². The van der Waals surface area contributed by atoms with Crippen molar-refractivity contribution in [1.82, 2.24) is 4.90 Å². The van der Waals surface area contributed by atoms with Gasteiger partial charge >= 0.3 is 6.09 Å². The normalized spacial score (nSPS) is 9.73. The smallest absolute Gasteiger partial charge is 0.409 e. The Hall–Kier alpha value is -1.10. The van der Waals surface area contributed by atoms with E-state index in [1.54, 1.807) is 7.05 Å². The van der Waals surface area contributed by atoms with E-state index in [1.165, 1.54) is 4.90 Å². The Balaban J connectivity index is 3.46. The van der Waals surface area contributed by atoms with Crippen LogP contribution >= 0.6 is 0 Å². The molecule has 5 heteroatoms. The van der Waals surface area contributed by atoms with Crippen molar-refractivity contribution in [2.24, 2.45) is 0 Å². The van der Waals surface area contributed by atoms with E-state index in [-0.39, 0.29) is 12.7 Å². The SMILES string of the molecule is CCCCOC(=O)N(C)CCOCC=O. The topological polar surface area (TPSA) is 55.8 Å². The van der Waals surface area contributed by atoms with E-state index < -0.39 is 0 Å². The summed E-state index contributed by atoms with van der Waals surface area (Å²) in [7, 11) is 1.64. The molecule has 0 aromatic carbocycles. The van der Waals surface area contributed by atoms with Crippen molar-refractivity contribution in [2.75, 3.05) is 33.4 Å². The standard InChI is InChI=1S/C10H19NO4/c1-3-4-7-15-10(13)11(2)5-8-14-9-6-12/h6H,3-5,7-9H2,1-2H3. The average molecular weight is 217 g/mol. The number of rotatable bonds is 8. The molecule has 0 atom stereocenters. The number of ether oxygens (including phenoxy) is 2. The van der Waals surface area contributed by atoms with Crippen LogP contribution in [0.2, 0.25) is 0 Å². The monoisotopic (exact) mass is 217 g/mol. The lowest BCUT2D eigenvalue weighted by atomic mass is 10.4. The first-order valence-electron chi connectivity index (χ1n) is 5.11. The van der Waals surface area contributed by atoms with Gasteiger partial charge in [0, 0.05) is 13.6 Å². The fourth-order valence-corrected chi connectivity index (χ4v) is 0.838. The molecule has 0 heterocycles. The lowest BCUT2D eigenvalue weighted by molar-refractivity contribution is -0.111. The first-order valence-corrected chi connectivity index (χ1v) is 5.11. The average Bonchev–Trinajstić information content (AvgIpc) is 2.24. The van der Waals surface area contributed by atoms with Crippen LogP contribution in [0.5, 0.6) is 0 Å². The van der Waals surface area contributed by atoms with Gasteiger partial charge in [-0.2, -0.15) is 0 Å². The number of likely N-dealkylation sites (N-methyl/N-ethyl adjacent to an activating group) is 1. The Morgan fingerprint density at radius 3 is 2.73 bits per heavy atom. The molecule has 0 aromatic rings. The highest BCUT2D eigenvalue weighted by Crippen LogP contribution is 1.94. The molecule has 88 valence electrons. The van der Waals surface area contributed by atoms with Crippen molar-refractivity contribution in [2.45, 2.75) is 19.8 Å². The fraction of sp³-hybridized carbons (Fsp3) is 0.800. The highest BCUT2D eigenvalue weighted by atomic mass is 16.6. The lowest BCUT2D eigenvalue weighted by Crippen LogP contribution is -2.31. The van der Waals surface area contributed by atoms with Gasteiger partial charge in [0.25, 0.3) is 0 Å². The molecular weight excluding hydrogens is 198 g/mol. The largest absolute Gasteiger partial charge is 0.449 e. The molecule has 0 spiro atoms. The molecule has 0 saturated carbocycles. The summed E-state index contributed by atoms with van der Waals surface area (Å²) in [5.74, 6) is 0.